The van der Waals surface area contributed by atoms with Gasteiger partial charge in [-0.05, 0) is 59.7 Å². The third-order valence-electron chi connectivity index (χ3n) is 6.02. The number of nitrogens with one attached hydrogen (secondary N) is 1. The Hall–Kier alpha value is -4.57. The van der Waals surface area contributed by atoms with Crippen LogP contribution in [0.3, 0.4) is 0 Å². The molecule has 0 fully saturated rings. The number of aromatic amines is 1. The Labute approximate surface area is 203 Å². The summed E-state index contributed by atoms with van der Waals surface area (Å²) in [7, 11) is 0. The standard InChI is InChI=1S/C25H20N8OS/c1-15-10-18(32-9-8-27-14-32)6-7-19(15)20-11-22-21(12-23(35-22)25-28-30-31-29-25)33(20)13-16-2-4-17(5-3-16)24(26)34/h2-12,14H,13H2,1H3,(H2,26,34)(H,28,29,30,31). The van der Waals surface area contributed by atoms with E-state index in [4.69, 9.17) is 5.73 Å². The SMILES string of the molecule is Cc1cc(-n2ccnc2)ccc1-c1cc2sc(-c3nn[nH]n3)cc2n1Cc1ccc(C(N)=O)cc1. The Morgan fingerprint density at radius 3 is 2.66 bits per heavy atom. The summed E-state index contributed by atoms with van der Waals surface area (Å²) in [6.45, 7) is 2.75. The number of nitrogens with zero attached hydrogens (tertiary/aromatic N) is 6. The first-order valence-electron chi connectivity index (χ1n) is 10.9. The molecule has 0 radical (unpaired) electrons. The Morgan fingerprint density at radius 2 is 1.97 bits per heavy atom. The van der Waals surface area contributed by atoms with Gasteiger partial charge in [0, 0.05) is 35.8 Å². The van der Waals surface area contributed by atoms with Crippen LogP contribution >= 0.6 is 11.3 Å². The van der Waals surface area contributed by atoms with Gasteiger partial charge < -0.3 is 14.9 Å². The summed E-state index contributed by atoms with van der Waals surface area (Å²) >= 11 is 1.63. The predicted octanol–water partition coefficient (Wildman–Crippen LogP) is 4.19. The maximum atomic E-state index is 11.5. The quantitative estimate of drug-likeness (QED) is 0.370. The normalized spacial score (nSPS) is 11.3. The largest absolute Gasteiger partial charge is 0.366 e. The Bertz CT molecular complexity index is 1640. The van der Waals surface area contributed by atoms with E-state index in [0.29, 0.717) is 17.9 Å². The molecule has 35 heavy (non-hydrogen) atoms. The summed E-state index contributed by atoms with van der Waals surface area (Å²) in [5.41, 5.74) is 12.5. The van der Waals surface area contributed by atoms with Crippen molar-refractivity contribution in [2.75, 3.05) is 0 Å². The molecule has 4 aromatic heterocycles. The molecule has 172 valence electrons. The number of carbonyl (C=O) groups excluding carboxylic acids is 1. The van der Waals surface area contributed by atoms with Gasteiger partial charge in [0.2, 0.25) is 11.7 Å². The second kappa shape index (κ2) is 8.33. The molecule has 0 unspecified atom stereocenters. The first-order valence-corrected chi connectivity index (χ1v) is 11.7. The van der Waals surface area contributed by atoms with E-state index in [1.807, 2.05) is 22.9 Å². The second-order valence-corrected chi connectivity index (χ2v) is 9.33. The number of carbonyl (C=O) groups is 1. The lowest BCUT2D eigenvalue weighted by molar-refractivity contribution is 0.100. The minimum atomic E-state index is -0.434. The molecule has 4 heterocycles. The number of hydrogen-bond donors (Lipinski definition) is 2. The molecule has 0 bridgehead atoms. The molecule has 6 rings (SSSR count). The Kier molecular flexibility index (Phi) is 5.00. The molecule has 0 aliphatic rings. The lowest BCUT2D eigenvalue weighted by Crippen LogP contribution is -2.11. The molecule has 1 amide bonds. The second-order valence-electron chi connectivity index (χ2n) is 8.24. The van der Waals surface area contributed by atoms with Crippen molar-refractivity contribution in [2.45, 2.75) is 13.5 Å². The van der Waals surface area contributed by atoms with Crippen LogP contribution in [0.2, 0.25) is 0 Å². The zero-order valence-corrected chi connectivity index (χ0v) is 19.5. The van der Waals surface area contributed by atoms with Crippen LogP contribution in [0.5, 0.6) is 0 Å². The van der Waals surface area contributed by atoms with Crippen LogP contribution in [0.25, 0.3) is 37.9 Å². The van der Waals surface area contributed by atoms with Crippen molar-refractivity contribution in [3.8, 4) is 27.6 Å². The number of tetrazole rings is 1. The fourth-order valence-corrected chi connectivity index (χ4v) is 5.31. The zero-order chi connectivity index (χ0) is 23.9. The number of thiophene rings is 1. The van der Waals surface area contributed by atoms with Crippen LogP contribution in [0, 0.1) is 6.92 Å². The number of fused-ring (bicyclic) bond motifs is 1. The van der Waals surface area contributed by atoms with Crippen molar-refractivity contribution in [1.29, 1.82) is 0 Å². The number of rotatable bonds is 6. The molecule has 2 aromatic carbocycles. The third-order valence-corrected chi connectivity index (χ3v) is 7.09. The van der Waals surface area contributed by atoms with Crippen LogP contribution in [0.15, 0.2) is 73.3 Å². The molecule has 6 aromatic rings. The van der Waals surface area contributed by atoms with E-state index in [1.54, 1.807) is 36.0 Å². The molecular weight excluding hydrogens is 460 g/mol. The van der Waals surface area contributed by atoms with Gasteiger partial charge in [-0.2, -0.15) is 5.21 Å². The molecule has 0 saturated carbocycles. The number of primary amides is 1. The minimum absolute atomic E-state index is 0.434. The van der Waals surface area contributed by atoms with Crippen LogP contribution in [0.1, 0.15) is 21.5 Å². The lowest BCUT2D eigenvalue weighted by Gasteiger charge is -2.14. The van der Waals surface area contributed by atoms with Crippen LogP contribution < -0.4 is 5.73 Å². The summed E-state index contributed by atoms with van der Waals surface area (Å²) < 4.78 is 5.41. The van der Waals surface area contributed by atoms with Gasteiger partial charge in [-0.25, -0.2) is 4.98 Å². The summed E-state index contributed by atoms with van der Waals surface area (Å²) in [4.78, 5) is 16.6. The van der Waals surface area contributed by atoms with Gasteiger partial charge in [0.05, 0.1) is 27.1 Å². The number of hydrogen-bond acceptors (Lipinski definition) is 6. The van der Waals surface area contributed by atoms with Crippen molar-refractivity contribution < 1.29 is 4.79 Å². The van der Waals surface area contributed by atoms with E-state index < -0.39 is 5.91 Å². The highest BCUT2D eigenvalue weighted by molar-refractivity contribution is 7.22. The summed E-state index contributed by atoms with van der Waals surface area (Å²) in [5, 5.41) is 14.5. The van der Waals surface area contributed by atoms with Crippen LogP contribution in [-0.4, -0.2) is 40.6 Å². The summed E-state index contributed by atoms with van der Waals surface area (Å²) in [6.07, 6.45) is 5.50. The number of benzene rings is 2. The summed E-state index contributed by atoms with van der Waals surface area (Å²) in [6, 6.07) is 18.1. The highest BCUT2D eigenvalue weighted by Crippen LogP contribution is 2.38. The molecule has 0 aliphatic heterocycles. The minimum Gasteiger partial charge on any atom is -0.366 e. The van der Waals surface area contributed by atoms with Gasteiger partial charge in [-0.15, -0.1) is 21.5 Å². The molecule has 10 heteroatoms. The topological polar surface area (TPSA) is 120 Å². The van der Waals surface area contributed by atoms with Gasteiger partial charge >= 0.3 is 0 Å². The van der Waals surface area contributed by atoms with Crippen molar-refractivity contribution in [2.24, 2.45) is 5.73 Å². The third kappa shape index (κ3) is 3.79. The highest BCUT2D eigenvalue weighted by Gasteiger charge is 2.18. The van der Waals surface area contributed by atoms with E-state index in [1.165, 1.54) is 0 Å². The fraction of sp³-hybridized carbons (Fsp3) is 0.0800. The maximum absolute atomic E-state index is 11.5. The van der Waals surface area contributed by atoms with Crippen molar-refractivity contribution in [1.82, 2.24) is 34.7 Å². The molecule has 0 spiro atoms. The maximum Gasteiger partial charge on any atom is 0.248 e. The predicted molar refractivity (Wildman–Crippen MR) is 134 cm³/mol. The first kappa shape index (κ1) is 21.0. The number of nitrogens with two attached hydrogens (primary N) is 1. The van der Waals surface area contributed by atoms with E-state index in [-0.39, 0.29) is 0 Å². The molecule has 0 atom stereocenters. The molecule has 0 aliphatic carbocycles. The Balaban J connectivity index is 1.47. The van der Waals surface area contributed by atoms with E-state index >= 15 is 0 Å². The molecule has 0 saturated heterocycles. The van der Waals surface area contributed by atoms with E-state index in [2.05, 4.69) is 67.4 Å². The van der Waals surface area contributed by atoms with Crippen molar-refractivity contribution >= 4 is 27.5 Å². The fourth-order valence-electron chi connectivity index (χ4n) is 4.28. The Morgan fingerprint density at radius 1 is 1.11 bits per heavy atom. The summed E-state index contributed by atoms with van der Waals surface area (Å²) in [5.74, 6) is 0.141. The number of aryl methyl sites for hydroxylation is 1. The molecule has 9 nitrogen and oxygen atoms in total. The lowest BCUT2D eigenvalue weighted by atomic mass is 10.0. The van der Waals surface area contributed by atoms with Gasteiger partial charge in [-0.3, -0.25) is 4.79 Å². The monoisotopic (exact) mass is 480 g/mol. The number of amides is 1. The smallest absolute Gasteiger partial charge is 0.248 e. The van der Waals surface area contributed by atoms with Crippen LogP contribution in [0.4, 0.5) is 0 Å². The van der Waals surface area contributed by atoms with Crippen molar-refractivity contribution in [3.05, 3.63) is 90.0 Å². The van der Waals surface area contributed by atoms with Gasteiger partial charge in [0.25, 0.3) is 0 Å². The van der Waals surface area contributed by atoms with Gasteiger partial charge in [0.15, 0.2) is 0 Å². The van der Waals surface area contributed by atoms with Crippen LogP contribution in [-0.2, 0) is 6.54 Å². The van der Waals surface area contributed by atoms with E-state index in [9.17, 15) is 4.79 Å². The average molecular weight is 481 g/mol. The van der Waals surface area contributed by atoms with E-state index in [0.717, 1.165) is 43.2 Å². The highest BCUT2D eigenvalue weighted by atomic mass is 32.1. The first-order chi connectivity index (χ1) is 17.1. The zero-order valence-electron chi connectivity index (χ0n) is 18.7. The molecular formula is C25H20N8OS. The number of aromatic nitrogens is 7. The number of imidazole rings is 1. The van der Waals surface area contributed by atoms with Gasteiger partial charge in [0.1, 0.15) is 0 Å². The van der Waals surface area contributed by atoms with Gasteiger partial charge in [-0.1, -0.05) is 18.2 Å². The number of H-pyrrole nitrogens is 1. The molecule has 3 N–H and O–H groups in total. The van der Waals surface area contributed by atoms with Crippen molar-refractivity contribution in [3.63, 3.8) is 0 Å². The average Bonchev–Trinajstić information content (AvgIpc) is 3.65.